The summed E-state index contributed by atoms with van der Waals surface area (Å²) < 4.78 is 7.30. The number of anilines is 1. The Bertz CT molecular complexity index is 1150. The summed E-state index contributed by atoms with van der Waals surface area (Å²) in [5.41, 5.74) is 0.960. The molecule has 1 aliphatic rings. The first-order chi connectivity index (χ1) is 14.5. The van der Waals surface area contributed by atoms with Crippen LogP contribution in [0.4, 0.5) is 5.69 Å². The van der Waals surface area contributed by atoms with E-state index in [0.717, 1.165) is 12.8 Å². The zero-order valence-electron chi connectivity index (χ0n) is 15.9. The van der Waals surface area contributed by atoms with Crippen molar-refractivity contribution < 1.29 is 9.53 Å². The van der Waals surface area contributed by atoms with Gasteiger partial charge in [-0.15, -0.1) is 0 Å². The fourth-order valence-electron chi connectivity index (χ4n) is 3.33. The maximum atomic E-state index is 13.1. The summed E-state index contributed by atoms with van der Waals surface area (Å²) in [6, 6.07) is 11.9. The van der Waals surface area contributed by atoms with Gasteiger partial charge in [0, 0.05) is 22.3 Å². The van der Waals surface area contributed by atoms with E-state index < -0.39 is 0 Å². The zero-order valence-corrected chi connectivity index (χ0v) is 18.3. The van der Waals surface area contributed by atoms with Crippen LogP contribution in [0.15, 0.2) is 52.4 Å². The molecule has 9 heteroatoms. The third-order valence-electron chi connectivity index (χ3n) is 4.73. The van der Waals surface area contributed by atoms with E-state index in [2.05, 4.69) is 10.3 Å². The highest BCUT2D eigenvalue weighted by molar-refractivity contribution is 7.99. The van der Waals surface area contributed by atoms with Gasteiger partial charge in [0.25, 0.3) is 5.56 Å². The molecule has 1 aliphatic heterocycles. The Morgan fingerprint density at radius 2 is 2.07 bits per heavy atom. The summed E-state index contributed by atoms with van der Waals surface area (Å²) in [5.74, 6) is -0.123. The van der Waals surface area contributed by atoms with Crippen LogP contribution in [0.3, 0.4) is 0 Å². The Morgan fingerprint density at radius 1 is 1.23 bits per heavy atom. The molecule has 6 nitrogen and oxygen atoms in total. The summed E-state index contributed by atoms with van der Waals surface area (Å²) in [6.07, 6.45) is 1.83. The van der Waals surface area contributed by atoms with Gasteiger partial charge in [0.2, 0.25) is 5.91 Å². The topological polar surface area (TPSA) is 73.2 Å². The van der Waals surface area contributed by atoms with Gasteiger partial charge in [-0.3, -0.25) is 14.2 Å². The number of fused-ring (bicyclic) bond motifs is 1. The van der Waals surface area contributed by atoms with Crippen molar-refractivity contribution in [1.29, 1.82) is 0 Å². The highest BCUT2D eigenvalue weighted by Crippen LogP contribution is 2.23. The molecule has 1 atom stereocenters. The van der Waals surface area contributed by atoms with Gasteiger partial charge in [-0.05, 0) is 49.2 Å². The molecule has 1 amide bonds. The van der Waals surface area contributed by atoms with Crippen LogP contribution in [0.2, 0.25) is 10.0 Å². The van der Waals surface area contributed by atoms with Crippen LogP contribution in [-0.4, -0.2) is 33.9 Å². The first kappa shape index (κ1) is 21.2. The molecular weight excluding hydrogens is 445 g/mol. The molecule has 1 unspecified atom stereocenters. The van der Waals surface area contributed by atoms with Crippen LogP contribution < -0.4 is 10.9 Å². The first-order valence-electron chi connectivity index (χ1n) is 9.49. The van der Waals surface area contributed by atoms with Gasteiger partial charge in [0.1, 0.15) is 0 Å². The minimum absolute atomic E-state index is 0.0334. The molecule has 156 valence electrons. The number of nitrogens with one attached hydrogen (secondary N) is 1. The van der Waals surface area contributed by atoms with E-state index in [1.165, 1.54) is 11.8 Å². The maximum absolute atomic E-state index is 13.1. The fraction of sp³-hybridized carbons (Fsp3) is 0.286. The molecule has 1 fully saturated rings. The number of halogens is 2. The van der Waals surface area contributed by atoms with Crippen molar-refractivity contribution in [1.82, 2.24) is 9.55 Å². The van der Waals surface area contributed by atoms with Gasteiger partial charge in [-0.25, -0.2) is 4.98 Å². The quantitative estimate of drug-likeness (QED) is 0.426. The van der Waals surface area contributed by atoms with Crippen LogP contribution in [0.5, 0.6) is 0 Å². The number of nitrogens with zero attached hydrogens (tertiary/aromatic N) is 2. The monoisotopic (exact) mass is 463 g/mol. The smallest absolute Gasteiger partial charge is 0.262 e. The largest absolute Gasteiger partial charge is 0.376 e. The number of thioether (sulfide) groups is 1. The van der Waals surface area contributed by atoms with Crippen molar-refractivity contribution in [2.75, 3.05) is 17.7 Å². The summed E-state index contributed by atoms with van der Waals surface area (Å²) >= 11 is 13.2. The standard InChI is InChI=1S/C21H19Cl2N3O3S/c22-13-3-1-4-15(9-13)24-19(27)12-30-21-25-18-10-14(23)6-7-17(18)20(28)26(21)11-16-5-2-8-29-16/h1,3-4,6-7,9-10,16H,2,5,8,11-12H2,(H,24,27). The number of carbonyl (C=O) groups is 1. The number of carbonyl (C=O) groups excluding carboxylic acids is 1. The van der Waals surface area contributed by atoms with Crippen molar-refractivity contribution in [3.05, 3.63) is 62.9 Å². The lowest BCUT2D eigenvalue weighted by Crippen LogP contribution is -2.29. The van der Waals surface area contributed by atoms with Crippen molar-refractivity contribution in [2.45, 2.75) is 30.6 Å². The third-order valence-corrected chi connectivity index (χ3v) is 6.18. The van der Waals surface area contributed by atoms with Gasteiger partial charge >= 0.3 is 0 Å². The highest BCUT2D eigenvalue weighted by Gasteiger charge is 2.21. The van der Waals surface area contributed by atoms with E-state index >= 15 is 0 Å². The average molecular weight is 464 g/mol. The van der Waals surface area contributed by atoms with Gasteiger partial charge in [-0.1, -0.05) is 41.0 Å². The molecule has 0 aliphatic carbocycles. The number of amides is 1. The molecule has 0 spiro atoms. The second-order valence-corrected chi connectivity index (χ2v) is 8.77. The Morgan fingerprint density at radius 3 is 2.83 bits per heavy atom. The molecule has 1 aromatic heterocycles. The van der Waals surface area contributed by atoms with E-state index in [4.69, 9.17) is 27.9 Å². The van der Waals surface area contributed by atoms with Gasteiger partial charge < -0.3 is 10.1 Å². The normalized spacial score (nSPS) is 16.1. The number of ether oxygens (including phenoxy) is 1. The summed E-state index contributed by atoms with van der Waals surface area (Å²) in [7, 11) is 0. The Kier molecular flexibility index (Phi) is 6.63. The van der Waals surface area contributed by atoms with Crippen molar-refractivity contribution in [3.8, 4) is 0 Å². The average Bonchev–Trinajstić information content (AvgIpc) is 3.22. The third kappa shape index (κ3) is 4.98. The zero-order chi connectivity index (χ0) is 21.1. The lowest BCUT2D eigenvalue weighted by molar-refractivity contribution is -0.113. The van der Waals surface area contributed by atoms with Crippen LogP contribution >= 0.6 is 35.0 Å². The SMILES string of the molecule is O=C(CSc1nc2cc(Cl)ccc2c(=O)n1CC1CCCO1)Nc1cccc(Cl)c1. The van der Waals surface area contributed by atoms with E-state index in [0.29, 0.717) is 44.9 Å². The summed E-state index contributed by atoms with van der Waals surface area (Å²) in [4.78, 5) is 30.2. The second kappa shape index (κ2) is 9.39. The molecule has 2 aromatic carbocycles. The molecule has 0 saturated carbocycles. The predicted octanol–water partition coefficient (Wildman–Crippen LogP) is 4.61. The highest BCUT2D eigenvalue weighted by atomic mass is 35.5. The predicted molar refractivity (Wildman–Crippen MR) is 121 cm³/mol. The van der Waals surface area contributed by atoms with Crippen LogP contribution in [-0.2, 0) is 16.1 Å². The number of benzene rings is 2. The van der Waals surface area contributed by atoms with Crippen molar-refractivity contribution >= 4 is 57.5 Å². The molecular formula is C21H19Cl2N3O3S. The maximum Gasteiger partial charge on any atom is 0.262 e. The molecule has 1 saturated heterocycles. The van der Waals surface area contributed by atoms with Crippen LogP contribution in [0.25, 0.3) is 10.9 Å². The molecule has 1 N–H and O–H groups in total. The summed E-state index contributed by atoms with van der Waals surface area (Å²) in [5, 5.41) is 4.80. The number of hydrogen-bond acceptors (Lipinski definition) is 5. The lowest BCUT2D eigenvalue weighted by atomic mass is 10.2. The van der Waals surface area contributed by atoms with E-state index in [9.17, 15) is 9.59 Å². The van der Waals surface area contributed by atoms with Crippen LogP contribution in [0, 0.1) is 0 Å². The van der Waals surface area contributed by atoms with Crippen molar-refractivity contribution in [2.24, 2.45) is 0 Å². The van der Waals surface area contributed by atoms with Crippen LogP contribution in [0.1, 0.15) is 12.8 Å². The van der Waals surface area contributed by atoms with Crippen molar-refractivity contribution in [3.63, 3.8) is 0 Å². The Labute approximate surface area is 187 Å². The Balaban J connectivity index is 1.59. The minimum Gasteiger partial charge on any atom is -0.376 e. The van der Waals surface area contributed by atoms with E-state index in [1.54, 1.807) is 47.0 Å². The molecule has 0 radical (unpaired) electrons. The summed E-state index contributed by atoms with van der Waals surface area (Å²) in [6.45, 7) is 1.10. The van der Waals surface area contributed by atoms with Gasteiger partial charge in [0.15, 0.2) is 5.16 Å². The molecule has 30 heavy (non-hydrogen) atoms. The minimum atomic E-state index is -0.216. The fourth-order valence-corrected chi connectivity index (χ4v) is 4.50. The number of aromatic nitrogens is 2. The number of hydrogen-bond donors (Lipinski definition) is 1. The Hall–Kier alpha value is -2.06. The van der Waals surface area contributed by atoms with E-state index in [1.807, 2.05) is 0 Å². The molecule has 0 bridgehead atoms. The lowest BCUT2D eigenvalue weighted by Gasteiger charge is -2.16. The van der Waals surface area contributed by atoms with Gasteiger partial charge in [0.05, 0.1) is 29.3 Å². The van der Waals surface area contributed by atoms with E-state index in [-0.39, 0.29) is 23.3 Å². The first-order valence-corrected chi connectivity index (χ1v) is 11.2. The molecule has 4 rings (SSSR count). The van der Waals surface area contributed by atoms with Gasteiger partial charge in [-0.2, -0.15) is 0 Å². The second-order valence-electron chi connectivity index (χ2n) is 6.95. The molecule has 3 aromatic rings. The molecule has 2 heterocycles. The number of rotatable bonds is 6.